The Kier molecular flexibility index (Phi) is 2.26. The lowest BCUT2D eigenvalue weighted by Gasteiger charge is -2.30. The third-order valence-corrected chi connectivity index (χ3v) is 2.41. The van der Waals surface area contributed by atoms with Crippen LogP contribution in [0.3, 0.4) is 0 Å². The molecule has 0 saturated heterocycles. The number of ketones is 1. The molecule has 1 aliphatic heterocycles. The Morgan fingerprint density at radius 3 is 3.00 bits per heavy atom. The first-order valence-electron chi connectivity index (χ1n) is 4.58. The van der Waals surface area contributed by atoms with Gasteiger partial charge in [0.1, 0.15) is 11.4 Å². The summed E-state index contributed by atoms with van der Waals surface area (Å²) in [7, 11) is 0. The van der Waals surface area contributed by atoms with Crippen molar-refractivity contribution in [1.82, 2.24) is 4.98 Å². The number of halogens is 1. The molecule has 0 fully saturated rings. The van der Waals surface area contributed by atoms with Gasteiger partial charge in [-0.15, -0.1) is 0 Å². The molecule has 78 valence electrons. The zero-order chi connectivity index (χ0) is 10.9. The molecule has 3 nitrogen and oxygen atoms in total. The van der Waals surface area contributed by atoms with E-state index in [1.165, 1.54) is 24.6 Å². The van der Waals surface area contributed by atoms with Crippen molar-refractivity contribution in [3.63, 3.8) is 0 Å². The lowest BCUT2D eigenvalue weighted by Crippen LogP contribution is -2.30. The van der Waals surface area contributed by atoms with E-state index in [-0.39, 0.29) is 12.2 Å². The summed E-state index contributed by atoms with van der Waals surface area (Å²) >= 11 is 0. The van der Waals surface area contributed by atoms with Crippen LogP contribution in [0.15, 0.2) is 30.8 Å². The highest BCUT2D eigenvalue weighted by molar-refractivity contribution is 5.90. The van der Waals surface area contributed by atoms with Crippen molar-refractivity contribution in [3.05, 3.63) is 42.2 Å². The molecule has 0 amide bonds. The van der Waals surface area contributed by atoms with Crippen LogP contribution in [0.5, 0.6) is 0 Å². The number of carbonyl (C=O) groups is 1. The van der Waals surface area contributed by atoms with E-state index in [0.29, 0.717) is 5.56 Å². The minimum Gasteiger partial charge on any atom is -0.490 e. The molecule has 0 saturated carbocycles. The van der Waals surface area contributed by atoms with E-state index in [1.807, 2.05) is 0 Å². The zero-order valence-corrected chi connectivity index (χ0v) is 8.24. The van der Waals surface area contributed by atoms with Crippen LogP contribution < -0.4 is 0 Å². The maximum absolute atomic E-state index is 13.0. The fourth-order valence-electron chi connectivity index (χ4n) is 1.56. The van der Waals surface area contributed by atoms with Crippen molar-refractivity contribution in [2.45, 2.75) is 18.9 Å². The molecular formula is C11H10FNO2. The third-order valence-electron chi connectivity index (χ3n) is 2.41. The Hall–Kier alpha value is -1.71. The monoisotopic (exact) mass is 207 g/mol. The number of ether oxygens (including phenoxy) is 1. The number of nitrogens with zero attached hydrogens (tertiary/aromatic N) is 1. The van der Waals surface area contributed by atoms with Gasteiger partial charge < -0.3 is 4.74 Å². The summed E-state index contributed by atoms with van der Waals surface area (Å²) in [5.74, 6) is -0.465. The van der Waals surface area contributed by atoms with Crippen LogP contribution in [0, 0.1) is 5.82 Å². The number of carbonyl (C=O) groups excluding carboxylic acids is 1. The molecule has 1 aromatic heterocycles. The smallest absolute Gasteiger partial charge is 0.163 e. The number of pyridine rings is 1. The van der Waals surface area contributed by atoms with Gasteiger partial charge in [-0.3, -0.25) is 9.78 Å². The molecule has 1 aromatic rings. The summed E-state index contributed by atoms with van der Waals surface area (Å²) in [6.45, 7) is 1.74. The van der Waals surface area contributed by atoms with Crippen LogP contribution in [-0.2, 0) is 15.1 Å². The molecular weight excluding hydrogens is 197 g/mol. The Morgan fingerprint density at radius 2 is 2.33 bits per heavy atom. The average molecular weight is 207 g/mol. The summed E-state index contributed by atoms with van der Waals surface area (Å²) in [5, 5.41) is 0. The maximum Gasteiger partial charge on any atom is 0.163 e. The highest BCUT2D eigenvalue weighted by atomic mass is 19.1. The second-order valence-corrected chi connectivity index (χ2v) is 3.69. The molecule has 1 unspecified atom stereocenters. The molecule has 0 aromatic carbocycles. The number of hydrogen-bond donors (Lipinski definition) is 0. The van der Waals surface area contributed by atoms with Gasteiger partial charge in [0.15, 0.2) is 5.78 Å². The van der Waals surface area contributed by atoms with Crippen LogP contribution in [0.1, 0.15) is 18.9 Å². The molecule has 4 heteroatoms. The van der Waals surface area contributed by atoms with Crippen molar-refractivity contribution < 1.29 is 13.9 Å². The minimum absolute atomic E-state index is 0.0342. The third kappa shape index (κ3) is 1.88. The lowest BCUT2D eigenvalue weighted by molar-refractivity contribution is -0.122. The minimum atomic E-state index is -0.805. The van der Waals surface area contributed by atoms with Crippen molar-refractivity contribution in [2.24, 2.45) is 0 Å². The predicted molar refractivity (Wildman–Crippen MR) is 51.4 cm³/mol. The van der Waals surface area contributed by atoms with Gasteiger partial charge in [-0.2, -0.15) is 0 Å². The van der Waals surface area contributed by atoms with Crippen LogP contribution in [0.4, 0.5) is 4.39 Å². The number of rotatable bonds is 1. The number of hydrogen-bond acceptors (Lipinski definition) is 3. The van der Waals surface area contributed by atoms with E-state index in [2.05, 4.69) is 4.98 Å². The summed E-state index contributed by atoms with van der Waals surface area (Å²) in [6, 6.07) is 1.33. The summed E-state index contributed by atoms with van der Waals surface area (Å²) in [6.07, 6.45) is 5.54. The van der Waals surface area contributed by atoms with Gasteiger partial charge >= 0.3 is 0 Å². The van der Waals surface area contributed by atoms with Gasteiger partial charge in [0.2, 0.25) is 0 Å². The molecule has 0 bridgehead atoms. The van der Waals surface area contributed by atoms with E-state index in [1.54, 1.807) is 6.92 Å². The second kappa shape index (κ2) is 3.46. The molecule has 2 heterocycles. The van der Waals surface area contributed by atoms with Gasteiger partial charge in [-0.1, -0.05) is 0 Å². The van der Waals surface area contributed by atoms with Crippen molar-refractivity contribution in [3.8, 4) is 0 Å². The Morgan fingerprint density at radius 1 is 1.53 bits per heavy atom. The topological polar surface area (TPSA) is 39.2 Å². The molecule has 1 atom stereocenters. The predicted octanol–water partition coefficient (Wildman–Crippen LogP) is 1.94. The van der Waals surface area contributed by atoms with E-state index in [0.717, 1.165) is 6.20 Å². The summed E-state index contributed by atoms with van der Waals surface area (Å²) in [4.78, 5) is 15.0. The van der Waals surface area contributed by atoms with E-state index < -0.39 is 11.4 Å². The normalized spacial score (nSPS) is 25.1. The molecule has 0 spiro atoms. The fraction of sp³-hybridized carbons (Fsp3) is 0.273. The standard InChI is InChI=1S/C11H10FNO2/c1-11(5-10(14)2-3-15-11)8-4-9(12)7-13-6-8/h2-4,6-7H,5H2,1H3. The first kappa shape index (κ1) is 9.83. The second-order valence-electron chi connectivity index (χ2n) is 3.69. The van der Waals surface area contributed by atoms with E-state index in [9.17, 15) is 9.18 Å². The summed E-state index contributed by atoms with van der Waals surface area (Å²) in [5.41, 5.74) is -0.235. The quantitative estimate of drug-likeness (QED) is 0.706. The molecule has 15 heavy (non-hydrogen) atoms. The van der Waals surface area contributed by atoms with Gasteiger partial charge in [-0.25, -0.2) is 4.39 Å². The zero-order valence-electron chi connectivity index (χ0n) is 8.24. The lowest BCUT2D eigenvalue weighted by atomic mass is 9.90. The van der Waals surface area contributed by atoms with E-state index in [4.69, 9.17) is 4.74 Å². The van der Waals surface area contributed by atoms with Gasteiger partial charge in [0.25, 0.3) is 0 Å². The maximum atomic E-state index is 13.0. The van der Waals surface area contributed by atoms with Gasteiger partial charge in [0.05, 0.1) is 18.9 Å². The number of aromatic nitrogens is 1. The average Bonchev–Trinajstić information content (AvgIpc) is 2.17. The van der Waals surface area contributed by atoms with Crippen LogP contribution in [-0.4, -0.2) is 10.8 Å². The molecule has 1 aliphatic rings. The molecule has 0 aliphatic carbocycles. The number of allylic oxidation sites excluding steroid dienone is 1. The molecule has 0 radical (unpaired) electrons. The summed E-state index contributed by atoms with van der Waals surface area (Å²) < 4.78 is 18.3. The largest absolute Gasteiger partial charge is 0.490 e. The first-order chi connectivity index (χ1) is 7.10. The van der Waals surface area contributed by atoms with Crippen LogP contribution in [0.25, 0.3) is 0 Å². The Balaban J connectivity index is 2.37. The van der Waals surface area contributed by atoms with Crippen LogP contribution in [0.2, 0.25) is 0 Å². The Bertz CT molecular complexity index is 430. The van der Waals surface area contributed by atoms with Crippen molar-refractivity contribution in [1.29, 1.82) is 0 Å². The van der Waals surface area contributed by atoms with Crippen molar-refractivity contribution in [2.75, 3.05) is 0 Å². The first-order valence-corrected chi connectivity index (χ1v) is 4.58. The van der Waals surface area contributed by atoms with Gasteiger partial charge in [0, 0.05) is 17.8 Å². The van der Waals surface area contributed by atoms with Gasteiger partial charge in [-0.05, 0) is 13.0 Å². The van der Waals surface area contributed by atoms with E-state index >= 15 is 0 Å². The Labute approximate surface area is 86.6 Å². The highest BCUT2D eigenvalue weighted by Crippen LogP contribution is 2.32. The molecule has 0 N–H and O–H groups in total. The fourth-order valence-corrected chi connectivity index (χ4v) is 1.56. The SMILES string of the molecule is CC1(c2cncc(F)c2)CC(=O)C=CO1. The van der Waals surface area contributed by atoms with Crippen molar-refractivity contribution >= 4 is 5.78 Å². The van der Waals surface area contributed by atoms with Crippen LogP contribution >= 0.6 is 0 Å². The highest BCUT2D eigenvalue weighted by Gasteiger charge is 2.33. The molecule has 2 rings (SSSR count).